The zero-order chi connectivity index (χ0) is 11.6. The van der Waals surface area contributed by atoms with E-state index in [2.05, 4.69) is 36.2 Å². The molecule has 1 aromatic rings. The van der Waals surface area contributed by atoms with Crippen LogP contribution in [0.25, 0.3) is 0 Å². The Bertz CT molecular complexity index is 345. The molecule has 0 saturated carbocycles. The van der Waals surface area contributed by atoms with E-state index in [1.165, 1.54) is 6.42 Å². The maximum Gasteiger partial charge on any atom is 0.246 e. The van der Waals surface area contributed by atoms with Crippen LogP contribution in [-0.2, 0) is 11.3 Å². The van der Waals surface area contributed by atoms with Crippen LogP contribution in [0, 0.1) is 0 Å². The van der Waals surface area contributed by atoms with Gasteiger partial charge in [-0.2, -0.15) is 16.7 Å². The summed E-state index contributed by atoms with van der Waals surface area (Å²) in [7, 11) is 0. The number of thioether (sulfide) groups is 1. The van der Waals surface area contributed by atoms with Gasteiger partial charge in [0.25, 0.3) is 0 Å². The molecule has 0 aromatic carbocycles. The van der Waals surface area contributed by atoms with Gasteiger partial charge in [0.05, 0.1) is 11.3 Å². The molecule has 1 saturated heterocycles. The molecule has 1 fully saturated rings. The average Bonchev–Trinajstić information content (AvgIpc) is 2.84. The second-order valence-corrected chi connectivity index (χ2v) is 6.30. The van der Waals surface area contributed by atoms with Crippen LogP contribution >= 0.6 is 11.8 Å². The first-order valence-electron chi connectivity index (χ1n) is 5.80. The van der Waals surface area contributed by atoms with E-state index in [0.29, 0.717) is 5.25 Å². The molecule has 2 rings (SSSR count). The second kappa shape index (κ2) is 4.75. The molecule has 1 atom stereocenters. The lowest BCUT2D eigenvalue weighted by Gasteiger charge is -2.18. The fourth-order valence-corrected chi connectivity index (χ4v) is 2.45. The molecule has 2 heterocycles. The van der Waals surface area contributed by atoms with Gasteiger partial charge in [-0.15, -0.1) is 0 Å². The van der Waals surface area contributed by atoms with Gasteiger partial charge >= 0.3 is 0 Å². The van der Waals surface area contributed by atoms with Gasteiger partial charge in [-0.3, -0.25) is 0 Å². The minimum Gasteiger partial charge on any atom is -0.337 e. The van der Waals surface area contributed by atoms with E-state index in [0.717, 1.165) is 30.4 Å². The van der Waals surface area contributed by atoms with E-state index in [4.69, 9.17) is 4.52 Å². The van der Waals surface area contributed by atoms with Crippen LogP contribution in [0.5, 0.6) is 0 Å². The largest absolute Gasteiger partial charge is 0.337 e. The maximum absolute atomic E-state index is 5.35. The van der Waals surface area contributed by atoms with Crippen LogP contribution in [0.2, 0.25) is 0 Å². The Labute approximate surface area is 101 Å². The Morgan fingerprint density at radius 2 is 2.38 bits per heavy atom. The summed E-state index contributed by atoms with van der Waals surface area (Å²) in [5, 5.41) is 8.05. The third kappa shape index (κ3) is 2.58. The van der Waals surface area contributed by atoms with E-state index < -0.39 is 0 Å². The minimum absolute atomic E-state index is 0.103. The van der Waals surface area contributed by atoms with E-state index >= 15 is 0 Å². The lowest BCUT2D eigenvalue weighted by molar-refractivity contribution is 0.274. The molecular formula is C11H19N3OS. The molecule has 0 amide bonds. The van der Waals surface area contributed by atoms with Crippen LogP contribution in [0.4, 0.5) is 0 Å². The van der Waals surface area contributed by atoms with Gasteiger partial charge in [0.2, 0.25) is 5.89 Å². The fourth-order valence-electron chi connectivity index (χ4n) is 1.86. The van der Waals surface area contributed by atoms with Crippen molar-refractivity contribution < 1.29 is 4.52 Å². The number of aromatic nitrogens is 2. The van der Waals surface area contributed by atoms with E-state index in [9.17, 15) is 0 Å². The first-order chi connectivity index (χ1) is 7.60. The summed E-state index contributed by atoms with van der Waals surface area (Å²) in [6.07, 6.45) is 2.25. The Morgan fingerprint density at radius 3 is 3.00 bits per heavy atom. The van der Waals surface area contributed by atoms with Crippen molar-refractivity contribution in [2.75, 3.05) is 6.54 Å². The van der Waals surface area contributed by atoms with Gasteiger partial charge in [-0.1, -0.05) is 19.0 Å². The Morgan fingerprint density at radius 1 is 1.56 bits per heavy atom. The normalized spacial score (nSPS) is 25.5. The summed E-state index contributed by atoms with van der Waals surface area (Å²) in [6.45, 7) is 7.51. The summed E-state index contributed by atoms with van der Waals surface area (Å²) >= 11 is 1.83. The zero-order valence-electron chi connectivity index (χ0n) is 10.1. The van der Waals surface area contributed by atoms with Gasteiger partial charge in [0, 0.05) is 0 Å². The highest BCUT2D eigenvalue weighted by Gasteiger charge is 2.35. The standard InChI is InChI=1S/C11H19N3OS/c1-8(2)16-7-9-13-10(15-14-9)11(3)5-4-6-12-11/h8,12H,4-7H2,1-3H3. The molecule has 1 aromatic heterocycles. The monoisotopic (exact) mass is 241 g/mol. The van der Waals surface area contributed by atoms with Crippen LogP contribution < -0.4 is 5.32 Å². The van der Waals surface area contributed by atoms with Crippen LogP contribution in [0.3, 0.4) is 0 Å². The lowest BCUT2D eigenvalue weighted by Crippen LogP contribution is -2.33. The van der Waals surface area contributed by atoms with Gasteiger partial charge in [-0.25, -0.2) is 0 Å². The highest BCUT2D eigenvalue weighted by molar-refractivity contribution is 7.99. The molecule has 1 aliphatic rings. The summed E-state index contributed by atoms with van der Waals surface area (Å²) < 4.78 is 5.35. The summed E-state index contributed by atoms with van der Waals surface area (Å²) in [6, 6.07) is 0. The van der Waals surface area contributed by atoms with Crippen molar-refractivity contribution in [2.45, 2.75) is 50.2 Å². The second-order valence-electron chi connectivity index (χ2n) is 4.74. The predicted molar refractivity (Wildman–Crippen MR) is 65.3 cm³/mol. The third-order valence-corrected chi connectivity index (χ3v) is 3.95. The number of nitrogens with one attached hydrogen (secondary N) is 1. The van der Waals surface area contributed by atoms with Gasteiger partial charge in [-0.05, 0) is 31.6 Å². The Hall–Kier alpha value is -0.550. The zero-order valence-corrected chi connectivity index (χ0v) is 10.9. The maximum atomic E-state index is 5.35. The predicted octanol–water partition coefficient (Wildman–Crippen LogP) is 2.31. The molecule has 0 bridgehead atoms. The molecule has 0 radical (unpaired) electrons. The molecule has 1 unspecified atom stereocenters. The van der Waals surface area contributed by atoms with Crippen molar-refractivity contribution in [3.8, 4) is 0 Å². The highest BCUT2D eigenvalue weighted by Crippen LogP contribution is 2.29. The van der Waals surface area contributed by atoms with E-state index in [-0.39, 0.29) is 5.54 Å². The van der Waals surface area contributed by atoms with Gasteiger partial charge < -0.3 is 9.84 Å². The highest BCUT2D eigenvalue weighted by atomic mass is 32.2. The lowest BCUT2D eigenvalue weighted by atomic mass is 10.0. The fraction of sp³-hybridized carbons (Fsp3) is 0.818. The molecule has 1 N–H and O–H groups in total. The number of nitrogens with zero attached hydrogens (tertiary/aromatic N) is 2. The van der Waals surface area contributed by atoms with Crippen LogP contribution in [0.1, 0.15) is 45.3 Å². The molecule has 16 heavy (non-hydrogen) atoms. The summed E-state index contributed by atoms with van der Waals surface area (Å²) in [5.74, 6) is 2.38. The molecule has 0 spiro atoms. The smallest absolute Gasteiger partial charge is 0.246 e. The molecule has 4 nitrogen and oxygen atoms in total. The Kier molecular flexibility index (Phi) is 3.54. The van der Waals surface area contributed by atoms with Crippen molar-refractivity contribution in [3.05, 3.63) is 11.7 Å². The van der Waals surface area contributed by atoms with Crippen molar-refractivity contribution in [1.82, 2.24) is 15.5 Å². The van der Waals surface area contributed by atoms with Gasteiger partial charge in [0.1, 0.15) is 0 Å². The summed E-state index contributed by atoms with van der Waals surface area (Å²) in [5.41, 5.74) is -0.103. The molecule has 0 aliphatic carbocycles. The van der Waals surface area contributed by atoms with Crippen molar-refractivity contribution >= 4 is 11.8 Å². The summed E-state index contributed by atoms with van der Waals surface area (Å²) in [4.78, 5) is 4.47. The molecule has 1 aliphatic heterocycles. The molecule has 5 heteroatoms. The average molecular weight is 241 g/mol. The topological polar surface area (TPSA) is 51.0 Å². The minimum atomic E-state index is -0.103. The quantitative estimate of drug-likeness (QED) is 0.876. The first-order valence-corrected chi connectivity index (χ1v) is 6.85. The van der Waals surface area contributed by atoms with Gasteiger partial charge in [0.15, 0.2) is 5.82 Å². The van der Waals surface area contributed by atoms with Crippen LogP contribution in [0.15, 0.2) is 4.52 Å². The van der Waals surface area contributed by atoms with E-state index in [1.54, 1.807) is 0 Å². The van der Waals surface area contributed by atoms with Crippen molar-refractivity contribution in [3.63, 3.8) is 0 Å². The number of hydrogen-bond acceptors (Lipinski definition) is 5. The third-order valence-electron chi connectivity index (χ3n) is 2.85. The van der Waals surface area contributed by atoms with Crippen molar-refractivity contribution in [1.29, 1.82) is 0 Å². The SMILES string of the molecule is CC(C)SCc1noc(C2(C)CCCN2)n1. The molecule has 90 valence electrons. The Balaban J connectivity index is 2.01. The first kappa shape index (κ1) is 11.9. The molecular weight excluding hydrogens is 222 g/mol. The van der Waals surface area contributed by atoms with Crippen molar-refractivity contribution in [2.24, 2.45) is 0 Å². The number of rotatable bonds is 4. The van der Waals surface area contributed by atoms with Crippen LogP contribution in [-0.4, -0.2) is 21.9 Å². The van der Waals surface area contributed by atoms with E-state index in [1.807, 2.05) is 11.8 Å². The number of hydrogen-bond donors (Lipinski definition) is 1.